The van der Waals surface area contributed by atoms with Crippen molar-refractivity contribution in [3.05, 3.63) is 47.3 Å². The smallest absolute Gasteiger partial charge is 0.161 e. The van der Waals surface area contributed by atoms with Crippen molar-refractivity contribution in [3.63, 3.8) is 0 Å². The fourth-order valence-corrected chi connectivity index (χ4v) is 2.92. The number of nitrogens with two attached hydrogens (primary N) is 1. The third-order valence-corrected chi connectivity index (χ3v) is 4.25. The Kier molecular flexibility index (Phi) is 4.96. The normalized spacial score (nSPS) is 10.5. The van der Waals surface area contributed by atoms with Gasteiger partial charge in [-0.1, -0.05) is 0 Å². The Hall–Kier alpha value is -1.88. The van der Waals surface area contributed by atoms with Crippen molar-refractivity contribution in [2.45, 2.75) is 17.6 Å². The van der Waals surface area contributed by atoms with Gasteiger partial charge in [0, 0.05) is 10.6 Å². The van der Waals surface area contributed by atoms with E-state index in [0.29, 0.717) is 11.5 Å². The maximum atomic E-state index is 13.4. The summed E-state index contributed by atoms with van der Waals surface area (Å²) in [5, 5.41) is 0. The molecule has 0 aliphatic carbocycles. The SMILES string of the molecule is COc1cc(C)c(CSc2ccc(N)c(F)c2)cc1OC. The summed E-state index contributed by atoms with van der Waals surface area (Å²) in [6.07, 6.45) is 0. The van der Waals surface area contributed by atoms with Crippen molar-refractivity contribution >= 4 is 17.4 Å². The van der Waals surface area contributed by atoms with Crippen LogP contribution in [0.15, 0.2) is 35.2 Å². The van der Waals surface area contributed by atoms with Crippen LogP contribution in [0.25, 0.3) is 0 Å². The quantitative estimate of drug-likeness (QED) is 0.669. The molecule has 3 nitrogen and oxygen atoms in total. The number of methoxy groups -OCH3 is 2. The van der Waals surface area contributed by atoms with Gasteiger partial charge in [-0.25, -0.2) is 4.39 Å². The fraction of sp³-hybridized carbons (Fsp3) is 0.250. The highest BCUT2D eigenvalue weighted by molar-refractivity contribution is 7.98. The zero-order valence-corrected chi connectivity index (χ0v) is 13.1. The van der Waals surface area contributed by atoms with Crippen LogP contribution in [0.3, 0.4) is 0 Å². The van der Waals surface area contributed by atoms with Crippen LogP contribution in [0.2, 0.25) is 0 Å². The second-order valence-electron chi connectivity index (χ2n) is 4.61. The topological polar surface area (TPSA) is 44.5 Å². The molecule has 0 amide bonds. The minimum atomic E-state index is -0.385. The van der Waals surface area contributed by atoms with Crippen molar-refractivity contribution in [1.29, 1.82) is 0 Å². The maximum Gasteiger partial charge on any atom is 0.161 e. The predicted octanol–water partition coefficient (Wildman–Crippen LogP) is 4.03. The molecule has 2 rings (SSSR count). The van der Waals surface area contributed by atoms with E-state index in [1.807, 2.05) is 25.1 Å². The van der Waals surface area contributed by atoms with Gasteiger partial charge in [-0.2, -0.15) is 0 Å². The standard InChI is InChI=1S/C16H18FNO2S/c1-10-6-15(19-2)16(20-3)7-11(10)9-21-12-4-5-14(18)13(17)8-12/h4-8H,9,18H2,1-3H3. The summed E-state index contributed by atoms with van der Waals surface area (Å²) < 4.78 is 24.0. The van der Waals surface area contributed by atoms with E-state index in [9.17, 15) is 4.39 Å². The first kappa shape index (κ1) is 15.5. The molecule has 0 radical (unpaired) electrons. The minimum absolute atomic E-state index is 0.168. The molecule has 0 aliphatic heterocycles. The molecule has 0 aliphatic rings. The molecule has 0 heterocycles. The van der Waals surface area contributed by atoms with E-state index in [1.54, 1.807) is 32.0 Å². The van der Waals surface area contributed by atoms with Gasteiger partial charge >= 0.3 is 0 Å². The summed E-state index contributed by atoms with van der Waals surface area (Å²) >= 11 is 1.55. The van der Waals surface area contributed by atoms with Gasteiger partial charge in [-0.3, -0.25) is 0 Å². The van der Waals surface area contributed by atoms with Crippen molar-refractivity contribution in [2.75, 3.05) is 20.0 Å². The molecule has 5 heteroatoms. The van der Waals surface area contributed by atoms with Gasteiger partial charge in [-0.05, 0) is 48.4 Å². The third-order valence-electron chi connectivity index (χ3n) is 3.21. The number of ether oxygens (including phenoxy) is 2. The lowest BCUT2D eigenvalue weighted by Gasteiger charge is -2.12. The number of anilines is 1. The number of rotatable bonds is 5. The summed E-state index contributed by atoms with van der Waals surface area (Å²) in [7, 11) is 3.22. The van der Waals surface area contributed by atoms with E-state index in [1.165, 1.54) is 6.07 Å². The Bertz CT molecular complexity index is 646. The zero-order valence-electron chi connectivity index (χ0n) is 12.3. The number of halogens is 1. The molecule has 0 aromatic heterocycles. The molecule has 112 valence electrons. The number of aryl methyl sites for hydroxylation is 1. The van der Waals surface area contributed by atoms with E-state index in [-0.39, 0.29) is 11.5 Å². The monoisotopic (exact) mass is 307 g/mol. The number of hydrogen-bond donors (Lipinski definition) is 1. The Balaban J connectivity index is 2.17. The second kappa shape index (κ2) is 6.72. The Morgan fingerprint density at radius 3 is 2.38 bits per heavy atom. The first-order chi connectivity index (χ1) is 10.0. The molecule has 0 spiro atoms. The van der Waals surface area contributed by atoms with Crippen LogP contribution >= 0.6 is 11.8 Å². The van der Waals surface area contributed by atoms with E-state index in [2.05, 4.69) is 0 Å². The number of hydrogen-bond acceptors (Lipinski definition) is 4. The lowest BCUT2D eigenvalue weighted by atomic mass is 10.1. The predicted molar refractivity (Wildman–Crippen MR) is 84.7 cm³/mol. The molecule has 0 saturated carbocycles. The lowest BCUT2D eigenvalue weighted by Crippen LogP contribution is -1.95. The van der Waals surface area contributed by atoms with Crippen LogP contribution < -0.4 is 15.2 Å². The van der Waals surface area contributed by atoms with Gasteiger partial charge in [0.05, 0.1) is 19.9 Å². The van der Waals surface area contributed by atoms with Gasteiger partial charge in [0.2, 0.25) is 0 Å². The molecule has 0 unspecified atom stereocenters. The Morgan fingerprint density at radius 1 is 1.10 bits per heavy atom. The van der Waals surface area contributed by atoms with Crippen LogP contribution in [0.5, 0.6) is 11.5 Å². The van der Waals surface area contributed by atoms with Gasteiger partial charge in [-0.15, -0.1) is 11.8 Å². The molecule has 0 atom stereocenters. The molecular formula is C16H18FNO2S. The Labute approximate surface area is 128 Å². The molecule has 2 aromatic rings. The van der Waals surface area contributed by atoms with Crippen LogP contribution in [0.1, 0.15) is 11.1 Å². The van der Waals surface area contributed by atoms with E-state index < -0.39 is 0 Å². The zero-order chi connectivity index (χ0) is 15.4. The van der Waals surface area contributed by atoms with Crippen LogP contribution in [0, 0.1) is 12.7 Å². The van der Waals surface area contributed by atoms with Crippen molar-refractivity contribution in [3.8, 4) is 11.5 Å². The summed E-state index contributed by atoms with van der Waals surface area (Å²) in [5.41, 5.74) is 7.87. The average Bonchev–Trinajstić information content (AvgIpc) is 2.49. The lowest BCUT2D eigenvalue weighted by molar-refractivity contribution is 0.354. The highest BCUT2D eigenvalue weighted by Gasteiger charge is 2.09. The Morgan fingerprint density at radius 2 is 1.76 bits per heavy atom. The van der Waals surface area contributed by atoms with E-state index in [4.69, 9.17) is 15.2 Å². The molecule has 0 saturated heterocycles. The summed E-state index contributed by atoms with van der Waals surface area (Å²) in [6, 6.07) is 8.75. The number of benzene rings is 2. The molecule has 21 heavy (non-hydrogen) atoms. The largest absolute Gasteiger partial charge is 0.493 e. The first-order valence-electron chi connectivity index (χ1n) is 6.44. The third kappa shape index (κ3) is 3.61. The van der Waals surface area contributed by atoms with Crippen molar-refractivity contribution < 1.29 is 13.9 Å². The highest BCUT2D eigenvalue weighted by atomic mass is 32.2. The van der Waals surface area contributed by atoms with Gasteiger partial charge in [0.25, 0.3) is 0 Å². The number of nitrogen functional groups attached to an aromatic ring is 1. The van der Waals surface area contributed by atoms with Crippen molar-refractivity contribution in [2.24, 2.45) is 0 Å². The minimum Gasteiger partial charge on any atom is -0.493 e. The first-order valence-corrected chi connectivity index (χ1v) is 7.43. The molecule has 0 fully saturated rings. The second-order valence-corrected chi connectivity index (χ2v) is 5.65. The average molecular weight is 307 g/mol. The van der Waals surface area contributed by atoms with Crippen LogP contribution in [-0.4, -0.2) is 14.2 Å². The highest BCUT2D eigenvalue weighted by Crippen LogP contribution is 2.33. The van der Waals surface area contributed by atoms with Gasteiger partial charge < -0.3 is 15.2 Å². The molecule has 2 aromatic carbocycles. The summed E-state index contributed by atoms with van der Waals surface area (Å²) in [5.74, 6) is 1.74. The van der Waals surface area contributed by atoms with Crippen LogP contribution in [-0.2, 0) is 5.75 Å². The van der Waals surface area contributed by atoms with Gasteiger partial charge in [0.1, 0.15) is 5.82 Å². The summed E-state index contributed by atoms with van der Waals surface area (Å²) in [4.78, 5) is 0.843. The molecule has 2 N–H and O–H groups in total. The number of thioether (sulfide) groups is 1. The summed E-state index contributed by atoms with van der Waals surface area (Å²) in [6.45, 7) is 2.02. The molecular weight excluding hydrogens is 289 g/mol. The maximum absolute atomic E-state index is 13.4. The van der Waals surface area contributed by atoms with E-state index >= 15 is 0 Å². The molecule has 0 bridgehead atoms. The van der Waals surface area contributed by atoms with Crippen LogP contribution in [0.4, 0.5) is 10.1 Å². The van der Waals surface area contributed by atoms with Crippen molar-refractivity contribution in [1.82, 2.24) is 0 Å². The van der Waals surface area contributed by atoms with Gasteiger partial charge in [0.15, 0.2) is 11.5 Å². The van der Waals surface area contributed by atoms with E-state index in [0.717, 1.165) is 21.8 Å². The fourth-order valence-electron chi connectivity index (χ4n) is 1.94.